The van der Waals surface area contributed by atoms with E-state index in [-0.39, 0.29) is 72.5 Å². The van der Waals surface area contributed by atoms with Gasteiger partial charge in [0.1, 0.15) is 55.8 Å². The van der Waals surface area contributed by atoms with Gasteiger partial charge in [-0.1, -0.05) is 158 Å². The van der Waals surface area contributed by atoms with Crippen LogP contribution in [0.2, 0.25) is 0 Å². The second-order valence-corrected chi connectivity index (χ2v) is 13.3. The minimum Gasteiger partial charge on any atom is -0.488 e. The first-order valence-electron chi connectivity index (χ1n) is 18.8. The normalized spacial score (nSPS) is 10.6. The molecule has 0 spiro atoms. The lowest BCUT2D eigenvalue weighted by molar-refractivity contribution is 0.0463. The summed E-state index contributed by atoms with van der Waals surface area (Å²) in [6, 6.07) is 54.7. The van der Waals surface area contributed by atoms with Crippen LogP contribution in [0.4, 0.5) is 0 Å². The van der Waals surface area contributed by atoms with E-state index in [9.17, 15) is 9.59 Å². The summed E-state index contributed by atoms with van der Waals surface area (Å²) < 4.78 is 30.7. The Kier molecular flexibility index (Phi) is 13.0. The SMILES string of the molecule is O=C(OCc1ccccc1)c1cc(OCc2ccccc2)c(C(=O)c2c(OCc3ccccc3)cccc2C(=O)OCc2ccccc2)c(OCc2ccccc2)c1. The van der Waals surface area contributed by atoms with Crippen molar-refractivity contribution in [2.75, 3.05) is 0 Å². The molecule has 0 aliphatic rings. The molecule has 0 atom stereocenters. The summed E-state index contributed by atoms with van der Waals surface area (Å²) in [7, 11) is 0. The van der Waals surface area contributed by atoms with Crippen LogP contribution in [0.15, 0.2) is 182 Å². The second kappa shape index (κ2) is 19.4. The molecule has 8 heteroatoms. The van der Waals surface area contributed by atoms with Gasteiger partial charge in [0.2, 0.25) is 5.78 Å². The highest BCUT2D eigenvalue weighted by atomic mass is 16.5. The predicted octanol–water partition coefficient (Wildman–Crippen LogP) is 10.4. The Morgan fingerprint density at radius 1 is 0.345 bits per heavy atom. The Labute approximate surface area is 337 Å². The van der Waals surface area contributed by atoms with Crippen molar-refractivity contribution < 1.29 is 38.1 Å². The quantitative estimate of drug-likeness (QED) is 0.0667. The molecule has 0 heterocycles. The van der Waals surface area contributed by atoms with Gasteiger partial charge in [-0.3, -0.25) is 4.79 Å². The lowest BCUT2D eigenvalue weighted by Crippen LogP contribution is -2.17. The van der Waals surface area contributed by atoms with E-state index in [0.29, 0.717) is 0 Å². The Bertz CT molecular complexity index is 2370. The fourth-order valence-corrected chi connectivity index (χ4v) is 6.15. The molecule has 0 saturated carbocycles. The molecule has 0 radical (unpaired) electrons. The third kappa shape index (κ3) is 10.2. The van der Waals surface area contributed by atoms with E-state index in [2.05, 4.69) is 0 Å². The van der Waals surface area contributed by atoms with E-state index in [4.69, 9.17) is 23.7 Å². The lowest BCUT2D eigenvalue weighted by Gasteiger charge is -2.20. The van der Waals surface area contributed by atoms with Crippen molar-refractivity contribution in [3.63, 3.8) is 0 Å². The fourth-order valence-electron chi connectivity index (χ4n) is 6.15. The van der Waals surface area contributed by atoms with Crippen LogP contribution < -0.4 is 14.2 Å². The highest BCUT2D eigenvalue weighted by molar-refractivity contribution is 6.19. The van der Waals surface area contributed by atoms with Gasteiger partial charge in [-0.2, -0.15) is 0 Å². The largest absolute Gasteiger partial charge is 0.488 e. The Morgan fingerprint density at radius 3 is 1.12 bits per heavy atom. The smallest absolute Gasteiger partial charge is 0.339 e. The number of hydrogen-bond donors (Lipinski definition) is 0. The van der Waals surface area contributed by atoms with E-state index in [0.717, 1.165) is 27.8 Å². The first-order chi connectivity index (χ1) is 28.5. The van der Waals surface area contributed by atoms with Gasteiger partial charge in [0, 0.05) is 0 Å². The van der Waals surface area contributed by atoms with E-state index in [1.165, 1.54) is 18.2 Å². The zero-order chi connectivity index (χ0) is 39.9. The van der Waals surface area contributed by atoms with Crippen LogP contribution >= 0.6 is 0 Å². The maximum absolute atomic E-state index is 15.4. The van der Waals surface area contributed by atoms with E-state index in [1.54, 1.807) is 12.1 Å². The number of esters is 2. The third-order valence-electron chi connectivity index (χ3n) is 9.14. The van der Waals surface area contributed by atoms with Crippen molar-refractivity contribution >= 4 is 17.7 Å². The number of ether oxygens (including phenoxy) is 5. The van der Waals surface area contributed by atoms with Gasteiger partial charge in [0.05, 0.1) is 16.7 Å². The van der Waals surface area contributed by atoms with Crippen LogP contribution in [0.3, 0.4) is 0 Å². The zero-order valence-electron chi connectivity index (χ0n) is 31.6. The number of hydrogen-bond acceptors (Lipinski definition) is 8. The maximum atomic E-state index is 15.4. The summed E-state index contributed by atoms with van der Waals surface area (Å²) in [5.74, 6) is -1.76. The molecule has 0 amide bonds. The van der Waals surface area contributed by atoms with E-state index in [1.807, 2.05) is 152 Å². The van der Waals surface area contributed by atoms with Crippen molar-refractivity contribution in [2.24, 2.45) is 0 Å². The molecular formula is C50H40O8. The first kappa shape index (κ1) is 38.8. The molecule has 0 bridgehead atoms. The van der Waals surface area contributed by atoms with Crippen LogP contribution in [0.25, 0.3) is 0 Å². The molecule has 8 nitrogen and oxygen atoms in total. The minimum atomic E-state index is -0.725. The van der Waals surface area contributed by atoms with Gasteiger partial charge in [0.25, 0.3) is 0 Å². The summed E-state index contributed by atoms with van der Waals surface area (Å²) in [6.07, 6.45) is 0. The van der Waals surface area contributed by atoms with Crippen LogP contribution in [-0.2, 0) is 42.5 Å². The highest BCUT2D eigenvalue weighted by Gasteiger charge is 2.31. The molecule has 0 aromatic heterocycles. The van der Waals surface area contributed by atoms with Gasteiger partial charge in [-0.25, -0.2) is 9.59 Å². The van der Waals surface area contributed by atoms with E-state index >= 15 is 4.79 Å². The number of carbonyl (C=O) groups excluding carboxylic acids is 3. The molecule has 0 aliphatic carbocycles. The van der Waals surface area contributed by atoms with Crippen molar-refractivity contribution in [3.05, 3.63) is 232 Å². The molecule has 288 valence electrons. The Morgan fingerprint density at radius 2 is 0.707 bits per heavy atom. The molecule has 0 aliphatic heterocycles. The summed E-state index contributed by atoms with van der Waals surface area (Å²) in [5, 5.41) is 0. The number of carbonyl (C=O) groups is 3. The second-order valence-electron chi connectivity index (χ2n) is 13.3. The molecule has 7 rings (SSSR count). The average molecular weight is 769 g/mol. The molecule has 0 saturated heterocycles. The van der Waals surface area contributed by atoms with Gasteiger partial charge in [-0.15, -0.1) is 0 Å². The van der Waals surface area contributed by atoms with Crippen molar-refractivity contribution in [2.45, 2.75) is 33.0 Å². The Balaban J connectivity index is 1.33. The van der Waals surface area contributed by atoms with Crippen molar-refractivity contribution in [1.29, 1.82) is 0 Å². The summed E-state index contributed by atoms with van der Waals surface area (Å²) in [6.45, 7) is 0.241. The van der Waals surface area contributed by atoms with Gasteiger partial charge in [0.15, 0.2) is 0 Å². The summed E-state index contributed by atoms with van der Waals surface area (Å²) in [5.41, 5.74) is 4.11. The van der Waals surface area contributed by atoms with Crippen LogP contribution in [0, 0.1) is 0 Å². The van der Waals surface area contributed by atoms with Crippen LogP contribution in [0.1, 0.15) is 64.5 Å². The molecule has 7 aromatic rings. The van der Waals surface area contributed by atoms with Crippen molar-refractivity contribution in [3.8, 4) is 17.2 Å². The summed E-state index contributed by atoms with van der Waals surface area (Å²) in [4.78, 5) is 43.1. The van der Waals surface area contributed by atoms with Crippen LogP contribution in [-0.4, -0.2) is 17.7 Å². The molecular weight excluding hydrogens is 729 g/mol. The monoisotopic (exact) mass is 768 g/mol. The molecule has 0 fully saturated rings. The summed E-state index contributed by atoms with van der Waals surface area (Å²) >= 11 is 0. The van der Waals surface area contributed by atoms with Crippen molar-refractivity contribution in [1.82, 2.24) is 0 Å². The predicted molar refractivity (Wildman–Crippen MR) is 220 cm³/mol. The van der Waals surface area contributed by atoms with Gasteiger partial charge < -0.3 is 23.7 Å². The standard InChI is InChI=1S/C50H40O8/c51-48(46-42(50(53)58-35-40-25-14-5-15-26-40)27-16-28-43(46)54-31-36-17-6-1-7-18-36)47-44(55-32-37-19-8-2-9-20-37)29-41(49(52)57-34-39-23-12-4-13-24-39)30-45(47)56-33-38-21-10-3-11-22-38/h1-30H,31-35H2. The maximum Gasteiger partial charge on any atom is 0.339 e. The number of rotatable bonds is 17. The molecule has 0 N–H and O–H groups in total. The number of benzene rings is 7. The lowest BCUT2D eigenvalue weighted by atomic mass is 9.94. The highest BCUT2D eigenvalue weighted by Crippen LogP contribution is 2.38. The minimum absolute atomic E-state index is 0.0131. The van der Waals surface area contributed by atoms with Gasteiger partial charge >= 0.3 is 11.9 Å². The molecule has 0 unspecified atom stereocenters. The topological polar surface area (TPSA) is 97.4 Å². The molecule has 7 aromatic carbocycles. The third-order valence-corrected chi connectivity index (χ3v) is 9.14. The van der Waals surface area contributed by atoms with Crippen LogP contribution in [0.5, 0.6) is 17.2 Å². The molecule has 58 heavy (non-hydrogen) atoms. The Hall–Kier alpha value is -7.45. The average Bonchev–Trinajstić information content (AvgIpc) is 3.29. The fraction of sp³-hybridized carbons (Fsp3) is 0.100. The van der Waals surface area contributed by atoms with Gasteiger partial charge in [-0.05, 0) is 52.1 Å². The first-order valence-corrected chi connectivity index (χ1v) is 18.8. The van der Waals surface area contributed by atoms with E-state index < -0.39 is 17.7 Å². The number of ketones is 1. The zero-order valence-corrected chi connectivity index (χ0v) is 31.6.